The first kappa shape index (κ1) is 11.6. The van der Waals surface area contributed by atoms with Crippen LogP contribution < -0.4 is 4.74 Å². The lowest BCUT2D eigenvalue weighted by atomic mass is 9.99. The second kappa shape index (κ2) is 4.65. The molecule has 3 aromatic carbocycles. The number of aromatic hydroxyl groups is 1. The SMILES string of the molecule is COc1c(-c2ccccc2)cc(O)c2ccccc12. The van der Waals surface area contributed by atoms with Crippen molar-refractivity contribution in [2.75, 3.05) is 7.11 Å². The normalized spacial score (nSPS) is 10.6. The highest BCUT2D eigenvalue weighted by molar-refractivity contribution is 5.99. The summed E-state index contributed by atoms with van der Waals surface area (Å²) in [5.41, 5.74) is 1.93. The van der Waals surface area contributed by atoms with E-state index in [-0.39, 0.29) is 5.75 Å². The Morgan fingerprint density at radius 2 is 1.47 bits per heavy atom. The zero-order valence-electron chi connectivity index (χ0n) is 10.6. The molecule has 94 valence electrons. The highest BCUT2D eigenvalue weighted by Gasteiger charge is 2.13. The molecule has 0 bridgehead atoms. The molecule has 2 nitrogen and oxygen atoms in total. The zero-order chi connectivity index (χ0) is 13.2. The molecule has 0 spiro atoms. The Bertz CT molecular complexity index is 718. The van der Waals surface area contributed by atoms with E-state index in [1.165, 1.54) is 0 Å². The summed E-state index contributed by atoms with van der Waals surface area (Å²) in [6.45, 7) is 0. The molecule has 0 aliphatic carbocycles. The second-order valence-corrected chi connectivity index (χ2v) is 4.39. The summed E-state index contributed by atoms with van der Waals surface area (Å²) in [5, 5.41) is 11.9. The lowest BCUT2D eigenvalue weighted by Gasteiger charge is -2.13. The van der Waals surface area contributed by atoms with Gasteiger partial charge in [-0.05, 0) is 11.6 Å². The van der Waals surface area contributed by atoms with Crippen molar-refractivity contribution in [3.05, 3.63) is 60.7 Å². The zero-order valence-corrected chi connectivity index (χ0v) is 10.6. The average Bonchev–Trinajstić information content (AvgIpc) is 2.48. The fourth-order valence-electron chi connectivity index (χ4n) is 2.38. The lowest BCUT2D eigenvalue weighted by Crippen LogP contribution is -1.90. The van der Waals surface area contributed by atoms with E-state index in [1.54, 1.807) is 13.2 Å². The molecule has 0 amide bonds. The lowest BCUT2D eigenvalue weighted by molar-refractivity contribution is 0.420. The third-order valence-electron chi connectivity index (χ3n) is 3.26. The molecule has 2 heteroatoms. The molecular formula is C17H14O2. The van der Waals surface area contributed by atoms with Gasteiger partial charge in [0.15, 0.2) is 0 Å². The first-order valence-corrected chi connectivity index (χ1v) is 6.15. The Morgan fingerprint density at radius 1 is 0.842 bits per heavy atom. The topological polar surface area (TPSA) is 29.5 Å². The maximum Gasteiger partial charge on any atom is 0.134 e. The molecule has 0 fully saturated rings. The molecule has 3 rings (SSSR count). The van der Waals surface area contributed by atoms with Gasteiger partial charge in [0.05, 0.1) is 7.11 Å². The molecule has 0 aromatic heterocycles. The molecule has 0 unspecified atom stereocenters. The van der Waals surface area contributed by atoms with Crippen LogP contribution in [0.2, 0.25) is 0 Å². The predicted octanol–water partition coefficient (Wildman–Crippen LogP) is 4.22. The third-order valence-corrected chi connectivity index (χ3v) is 3.26. The summed E-state index contributed by atoms with van der Waals surface area (Å²) >= 11 is 0. The van der Waals surface area contributed by atoms with Gasteiger partial charge >= 0.3 is 0 Å². The van der Waals surface area contributed by atoms with Crippen molar-refractivity contribution < 1.29 is 9.84 Å². The maximum atomic E-state index is 10.2. The predicted molar refractivity (Wildman–Crippen MR) is 77.6 cm³/mol. The van der Waals surface area contributed by atoms with E-state index in [9.17, 15) is 5.11 Å². The highest BCUT2D eigenvalue weighted by Crippen LogP contribution is 2.41. The van der Waals surface area contributed by atoms with Crippen molar-refractivity contribution in [2.24, 2.45) is 0 Å². The van der Waals surface area contributed by atoms with Crippen LogP contribution >= 0.6 is 0 Å². The summed E-state index contributed by atoms with van der Waals surface area (Å²) in [6, 6.07) is 19.4. The van der Waals surface area contributed by atoms with Gasteiger partial charge in [-0.1, -0.05) is 54.6 Å². The van der Waals surface area contributed by atoms with Crippen molar-refractivity contribution >= 4 is 10.8 Å². The summed E-state index contributed by atoms with van der Waals surface area (Å²) in [5.74, 6) is 1.06. The van der Waals surface area contributed by atoms with Crippen molar-refractivity contribution in [1.82, 2.24) is 0 Å². The van der Waals surface area contributed by atoms with Crippen LogP contribution in [-0.4, -0.2) is 12.2 Å². The molecule has 0 saturated heterocycles. The Labute approximate surface area is 111 Å². The number of hydrogen-bond acceptors (Lipinski definition) is 2. The number of hydrogen-bond donors (Lipinski definition) is 1. The van der Waals surface area contributed by atoms with E-state index in [0.717, 1.165) is 27.6 Å². The maximum absolute atomic E-state index is 10.2. The van der Waals surface area contributed by atoms with Crippen molar-refractivity contribution in [3.8, 4) is 22.6 Å². The largest absolute Gasteiger partial charge is 0.507 e. The fourth-order valence-corrected chi connectivity index (χ4v) is 2.38. The van der Waals surface area contributed by atoms with Gasteiger partial charge < -0.3 is 9.84 Å². The van der Waals surface area contributed by atoms with Crippen LogP contribution in [0.25, 0.3) is 21.9 Å². The van der Waals surface area contributed by atoms with E-state index in [4.69, 9.17) is 4.74 Å². The Balaban J connectivity index is 2.37. The summed E-state index contributed by atoms with van der Waals surface area (Å²) in [6.07, 6.45) is 0. The monoisotopic (exact) mass is 250 g/mol. The van der Waals surface area contributed by atoms with Crippen molar-refractivity contribution in [1.29, 1.82) is 0 Å². The minimum Gasteiger partial charge on any atom is -0.507 e. The van der Waals surface area contributed by atoms with Crippen LogP contribution in [0.1, 0.15) is 0 Å². The molecule has 0 heterocycles. The van der Waals surface area contributed by atoms with Gasteiger partial charge in [-0.3, -0.25) is 0 Å². The fraction of sp³-hybridized carbons (Fsp3) is 0.0588. The molecular weight excluding hydrogens is 236 g/mol. The molecule has 1 N–H and O–H groups in total. The summed E-state index contributed by atoms with van der Waals surface area (Å²) in [4.78, 5) is 0. The van der Waals surface area contributed by atoms with Gasteiger partial charge in [0.25, 0.3) is 0 Å². The molecule has 19 heavy (non-hydrogen) atoms. The summed E-state index contributed by atoms with van der Waals surface area (Å²) < 4.78 is 5.56. The molecule has 3 aromatic rings. The Morgan fingerprint density at radius 3 is 2.16 bits per heavy atom. The van der Waals surface area contributed by atoms with Crippen LogP contribution in [-0.2, 0) is 0 Å². The van der Waals surface area contributed by atoms with Crippen LogP contribution in [0, 0.1) is 0 Å². The van der Waals surface area contributed by atoms with Gasteiger partial charge in [0.1, 0.15) is 11.5 Å². The number of fused-ring (bicyclic) bond motifs is 1. The van der Waals surface area contributed by atoms with E-state index in [2.05, 4.69) is 0 Å². The van der Waals surface area contributed by atoms with Crippen molar-refractivity contribution in [3.63, 3.8) is 0 Å². The first-order valence-electron chi connectivity index (χ1n) is 6.15. The standard InChI is InChI=1S/C17H14O2/c1-19-17-14-10-6-5-9-13(14)16(18)11-15(17)12-7-3-2-4-8-12/h2-11,18H,1H3. The molecule has 0 aliphatic heterocycles. The van der Waals surface area contributed by atoms with E-state index >= 15 is 0 Å². The van der Waals surface area contributed by atoms with Crippen LogP contribution in [0.3, 0.4) is 0 Å². The minimum atomic E-state index is 0.273. The molecule has 0 aliphatic rings. The number of benzene rings is 3. The van der Waals surface area contributed by atoms with E-state index in [1.807, 2.05) is 54.6 Å². The number of ether oxygens (including phenoxy) is 1. The molecule has 0 saturated carbocycles. The molecule has 0 atom stereocenters. The van der Waals surface area contributed by atoms with Gasteiger partial charge in [0.2, 0.25) is 0 Å². The van der Waals surface area contributed by atoms with E-state index < -0.39 is 0 Å². The Hall–Kier alpha value is -2.48. The Kier molecular flexibility index (Phi) is 2.84. The highest BCUT2D eigenvalue weighted by atomic mass is 16.5. The number of phenols is 1. The first-order chi connectivity index (χ1) is 9.31. The van der Waals surface area contributed by atoms with Crippen LogP contribution in [0.4, 0.5) is 0 Å². The quantitative estimate of drug-likeness (QED) is 0.737. The van der Waals surface area contributed by atoms with Gasteiger partial charge in [0, 0.05) is 16.3 Å². The third kappa shape index (κ3) is 1.91. The number of phenolic OH excluding ortho intramolecular Hbond substituents is 1. The second-order valence-electron chi connectivity index (χ2n) is 4.39. The van der Waals surface area contributed by atoms with Crippen molar-refractivity contribution in [2.45, 2.75) is 0 Å². The van der Waals surface area contributed by atoms with Gasteiger partial charge in [-0.2, -0.15) is 0 Å². The van der Waals surface area contributed by atoms with E-state index in [0.29, 0.717) is 0 Å². The average molecular weight is 250 g/mol. The summed E-state index contributed by atoms with van der Waals surface area (Å²) in [7, 11) is 1.66. The smallest absolute Gasteiger partial charge is 0.134 e. The molecule has 0 radical (unpaired) electrons. The number of rotatable bonds is 2. The van der Waals surface area contributed by atoms with Crippen LogP contribution in [0.5, 0.6) is 11.5 Å². The number of methoxy groups -OCH3 is 1. The van der Waals surface area contributed by atoms with Crippen LogP contribution in [0.15, 0.2) is 60.7 Å². The van der Waals surface area contributed by atoms with Gasteiger partial charge in [-0.15, -0.1) is 0 Å². The minimum absolute atomic E-state index is 0.273. The van der Waals surface area contributed by atoms with Gasteiger partial charge in [-0.25, -0.2) is 0 Å².